The van der Waals surface area contributed by atoms with Crippen LogP contribution in [0, 0.1) is 5.82 Å². The molecular weight excluding hydrogens is 391 g/mol. The molecule has 0 bridgehead atoms. The number of anilines is 1. The molecule has 30 heavy (non-hydrogen) atoms. The van der Waals surface area contributed by atoms with E-state index in [1.807, 2.05) is 25.7 Å². The number of nitrogens with zero attached hydrogens (tertiary/aromatic N) is 3. The van der Waals surface area contributed by atoms with Crippen LogP contribution in [0.3, 0.4) is 0 Å². The van der Waals surface area contributed by atoms with E-state index in [1.165, 1.54) is 24.3 Å². The Labute approximate surface area is 174 Å². The van der Waals surface area contributed by atoms with Gasteiger partial charge in [0.05, 0.1) is 12.2 Å². The molecule has 0 atom stereocenters. The predicted octanol–water partition coefficient (Wildman–Crippen LogP) is 2.27. The van der Waals surface area contributed by atoms with E-state index in [2.05, 4.69) is 10.5 Å². The smallest absolute Gasteiger partial charge is 0.260 e. The number of amides is 2. The Hall–Kier alpha value is -2.94. The maximum Gasteiger partial charge on any atom is 0.260 e. The van der Waals surface area contributed by atoms with Crippen LogP contribution >= 0.6 is 0 Å². The standard InChI is InChI=1S/C21H27FN4O4/c1-21(2,3)17-12-19(30-24-17)23-18(27)13-25-8-10-26(11-9-25)20(28)14-29-16-6-4-15(22)5-7-16/h4-7,12H,8-11,13-14H2,1-3H3,(H,23,27). The molecule has 8 nitrogen and oxygen atoms in total. The van der Waals surface area contributed by atoms with Gasteiger partial charge in [0.2, 0.25) is 11.8 Å². The second-order valence-corrected chi connectivity index (χ2v) is 8.27. The highest BCUT2D eigenvalue weighted by Gasteiger charge is 2.24. The number of carbonyl (C=O) groups excluding carboxylic acids is 2. The monoisotopic (exact) mass is 418 g/mol. The molecule has 1 aliphatic rings. The number of nitrogens with one attached hydrogen (secondary N) is 1. The normalized spacial score (nSPS) is 15.1. The molecule has 2 heterocycles. The van der Waals surface area contributed by atoms with Gasteiger partial charge in [0, 0.05) is 37.7 Å². The number of hydrogen-bond donors (Lipinski definition) is 1. The van der Waals surface area contributed by atoms with Crippen molar-refractivity contribution in [1.82, 2.24) is 15.0 Å². The molecule has 0 unspecified atom stereocenters. The third kappa shape index (κ3) is 6.03. The lowest BCUT2D eigenvalue weighted by molar-refractivity contribution is -0.135. The van der Waals surface area contributed by atoms with E-state index < -0.39 is 0 Å². The summed E-state index contributed by atoms with van der Waals surface area (Å²) in [5, 5.41) is 6.70. The van der Waals surface area contributed by atoms with Crippen molar-refractivity contribution in [2.24, 2.45) is 0 Å². The Bertz CT molecular complexity index is 868. The second kappa shape index (κ2) is 9.25. The molecule has 0 aliphatic carbocycles. The summed E-state index contributed by atoms with van der Waals surface area (Å²) in [4.78, 5) is 28.2. The number of aromatic nitrogens is 1. The first-order valence-corrected chi connectivity index (χ1v) is 9.86. The average molecular weight is 418 g/mol. The zero-order chi connectivity index (χ0) is 21.7. The zero-order valence-corrected chi connectivity index (χ0v) is 17.5. The van der Waals surface area contributed by atoms with Crippen molar-refractivity contribution in [2.75, 3.05) is 44.6 Å². The lowest BCUT2D eigenvalue weighted by Crippen LogP contribution is -2.51. The minimum Gasteiger partial charge on any atom is -0.484 e. The highest BCUT2D eigenvalue weighted by Crippen LogP contribution is 2.23. The van der Waals surface area contributed by atoms with Crippen molar-refractivity contribution >= 4 is 17.7 Å². The lowest BCUT2D eigenvalue weighted by atomic mass is 9.92. The minimum absolute atomic E-state index is 0.103. The molecule has 162 valence electrons. The van der Waals surface area contributed by atoms with Gasteiger partial charge in [0.1, 0.15) is 11.6 Å². The first-order chi connectivity index (χ1) is 14.2. The molecule has 2 aromatic rings. The fraction of sp³-hybridized carbons (Fsp3) is 0.476. The Kier molecular flexibility index (Phi) is 6.71. The Balaban J connectivity index is 1.39. The molecular formula is C21H27FN4O4. The van der Waals surface area contributed by atoms with Crippen LogP contribution in [0.15, 0.2) is 34.9 Å². The summed E-state index contributed by atoms with van der Waals surface area (Å²) >= 11 is 0. The van der Waals surface area contributed by atoms with Crippen molar-refractivity contribution in [1.29, 1.82) is 0 Å². The van der Waals surface area contributed by atoms with Crippen molar-refractivity contribution < 1.29 is 23.2 Å². The SMILES string of the molecule is CC(C)(C)c1cc(NC(=O)CN2CCN(C(=O)COc3ccc(F)cc3)CC2)on1. The van der Waals surface area contributed by atoms with E-state index in [0.717, 1.165) is 5.69 Å². The second-order valence-electron chi connectivity index (χ2n) is 8.27. The zero-order valence-electron chi connectivity index (χ0n) is 17.5. The van der Waals surface area contributed by atoms with Crippen LogP contribution in [-0.2, 0) is 15.0 Å². The number of ether oxygens (including phenoxy) is 1. The Morgan fingerprint density at radius 3 is 2.43 bits per heavy atom. The van der Waals surface area contributed by atoms with Gasteiger partial charge in [-0.2, -0.15) is 0 Å². The van der Waals surface area contributed by atoms with Gasteiger partial charge in [-0.3, -0.25) is 19.8 Å². The van der Waals surface area contributed by atoms with Crippen molar-refractivity contribution in [3.63, 3.8) is 0 Å². The molecule has 0 radical (unpaired) electrons. The van der Waals surface area contributed by atoms with E-state index >= 15 is 0 Å². The summed E-state index contributed by atoms with van der Waals surface area (Å²) < 4.78 is 23.5. The fourth-order valence-corrected chi connectivity index (χ4v) is 2.99. The van der Waals surface area contributed by atoms with E-state index in [4.69, 9.17) is 9.26 Å². The number of carbonyl (C=O) groups is 2. The van der Waals surface area contributed by atoms with E-state index in [0.29, 0.717) is 37.8 Å². The third-order valence-electron chi connectivity index (χ3n) is 4.81. The summed E-state index contributed by atoms with van der Waals surface area (Å²) in [6.45, 7) is 8.34. The van der Waals surface area contributed by atoms with Crippen LogP contribution in [0.2, 0.25) is 0 Å². The minimum atomic E-state index is -0.355. The highest BCUT2D eigenvalue weighted by atomic mass is 19.1. The molecule has 2 amide bonds. The molecule has 1 saturated heterocycles. The van der Waals surface area contributed by atoms with Gasteiger partial charge in [0.25, 0.3) is 5.91 Å². The number of rotatable bonds is 6. The number of halogens is 1. The molecule has 1 fully saturated rings. The number of benzene rings is 1. The van der Waals surface area contributed by atoms with Crippen LogP contribution in [0.5, 0.6) is 5.75 Å². The van der Waals surface area contributed by atoms with Crippen LogP contribution in [-0.4, -0.2) is 66.1 Å². The molecule has 1 N–H and O–H groups in total. The molecule has 1 aromatic heterocycles. The van der Waals surface area contributed by atoms with Gasteiger partial charge < -0.3 is 14.2 Å². The molecule has 1 aromatic carbocycles. The lowest BCUT2D eigenvalue weighted by Gasteiger charge is -2.34. The largest absolute Gasteiger partial charge is 0.484 e. The molecule has 9 heteroatoms. The summed E-state index contributed by atoms with van der Waals surface area (Å²) in [6.07, 6.45) is 0. The van der Waals surface area contributed by atoms with Crippen LogP contribution in [0.4, 0.5) is 10.3 Å². The molecule has 0 spiro atoms. The van der Waals surface area contributed by atoms with Crippen LogP contribution in [0.1, 0.15) is 26.5 Å². The summed E-state index contributed by atoms with van der Waals surface area (Å²) in [6, 6.07) is 7.27. The summed E-state index contributed by atoms with van der Waals surface area (Å²) in [5.41, 5.74) is 0.614. The van der Waals surface area contributed by atoms with Gasteiger partial charge in [-0.25, -0.2) is 4.39 Å². The maximum atomic E-state index is 12.9. The van der Waals surface area contributed by atoms with Crippen molar-refractivity contribution in [2.45, 2.75) is 26.2 Å². The van der Waals surface area contributed by atoms with Gasteiger partial charge in [-0.05, 0) is 24.3 Å². The van der Waals surface area contributed by atoms with Gasteiger partial charge in [0.15, 0.2) is 6.61 Å². The average Bonchev–Trinajstić information content (AvgIpc) is 3.17. The van der Waals surface area contributed by atoms with Gasteiger partial charge in [-0.15, -0.1) is 0 Å². The van der Waals surface area contributed by atoms with E-state index in [-0.39, 0.29) is 36.2 Å². The topological polar surface area (TPSA) is 87.9 Å². The van der Waals surface area contributed by atoms with Crippen LogP contribution < -0.4 is 10.1 Å². The maximum absolute atomic E-state index is 12.9. The highest BCUT2D eigenvalue weighted by molar-refractivity contribution is 5.91. The van der Waals surface area contributed by atoms with E-state index in [1.54, 1.807) is 11.0 Å². The molecule has 1 aliphatic heterocycles. The number of piperazine rings is 1. The third-order valence-corrected chi connectivity index (χ3v) is 4.81. The first kappa shape index (κ1) is 21.8. The molecule has 0 saturated carbocycles. The fourth-order valence-electron chi connectivity index (χ4n) is 2.99. The van der Waals surface area contributed by atoms with E-state index in [9.17, 15) is 14.0 Å². The predicted molar refractivity (Wildman–Crippen MR) is 109 cm³/mol. The van der Waals surface area contributed by atoms with Crippen molar-refractivity contribution in [3.8, 4) is 5.75 Å². The Morgan fingerprint density at radius 2 is 1.83 bits per heavy atom. The van der Waals surface area contributed by atoms with Crippen molar-refractivity contribution in [3.05, 3.63) is 41.8 Å². The Morgan fingerprint density at radius 1 is 1.17 bits per heavy atom. The summed E-state index contributed by atoms with van der Waals surface area (Å²) in [7, 11) is 0. The van der Waals surface area contributed by atoms with Gasteiger partial charge in [-0.1, -0.05) is 25.9 Å². The summed E-state index contributed by atoms with van der Waals surface area (Å²) in [5.74, 6) is 0.0939. The first-order valence-electron chi connectivity index (χ1n) is 9.86. The number of hydrogen-bond acceptors (Lipinski definition) is 6. The van der Waals surface area contributed by atoms with Crippen LogP contribution in [0.25, 0.3) is 0 Å². The van der Waals surface area contributed by atoms with Gasteiger partial charge >= 0.3 is 0 Å². The quantitative estimate of drug-likeness (QED) is 0.774. The molecule has 3 rings (SSSR count).